The normalized spacial score (nSPS) is 18.9. The Morgan fingerprint density at radius 1 is 0.586 bits per heavy atom. The number of nitrogens with one attached hydrogen (secondary N) is 15. The molecule has 0 unspecified atom stereocenters. The second-order valence-electron chi connectivity index (χ2n) is 28.4. The van der Waals surface area contributed by atoms with Crippen LogP contribution in [0.2, 0.25) is 0 Å². The van der Waals surface area contributed by atoms with Gasteiger partial charge in [-0.3, -0.25) is 81.5 Å². The number of aromatic amines is 2. The van der Waals surface area contributed by atoms with Gasteiger partial charge in [0, 0.05) is 92.4 Å². The number of H-pyrrole nitrogens is 2. The van der Waals surface area contributed by atoms with Crippen molar-refractivity contribution in [3.05, 3.63) is 102 Å². The van der Waals surface area contributed by atoms with Gasteiger partial charge in [-0.1, -0.05) is 48.5 Å². The Hall–Kier alpha value is -12.2. The van der Waals surface area contributed by atoms with Gasteiger partial charge in [-0.2, -0.15) is 11.8 Å². The van der Waals surface area contributed by atoms with Crippen LogP contribution in [0.1, 0.15) is 121 Å². The van der Waals surface area contributed by atoms with Gasteiger partial charge in [0.1, 0.15) is 71.7 Å². The molecule has 26 N–H and O–H groups in total. The van der Waals surface area contributed by atoms with Gasteiger partial charge in [-0.05, 0) is 125 Å². The summed E-state index contributed by atoms with van der Waals surface area (Å²) in [6, 6.07) is 3.40. The summed E-state index contributed by atoms with van der Waals surface area (Å²) >= 11 is 0.932. The molecule has 17 amide bonds. The molecule has 0 spiro atoms. The van der Waals surface area contributed by atoms with Gasteiger partial charge in [0.25, 0.3) is 0 Å². The fourth-order valence-electron chi connectivity index (χ4n) is 12.7. The Morgan fingerprint density at radius 2 is 1.16 bits per heavy atom. The molecule has 2 aromatic heterocycles. The van der Waals surface area contributed by atoms with Crippen LogP contribution in [0.4, 0.5) is 0 Å². The minimum absolute atomic E-state index is 0.128. The van der Waals surface area contributed by atoms with E-state index in [1.165, 1.54) is 21.0 Å². The quantitative estimate of drug-likeness (QED) is 0.0165. The highest BCUT2D eigenvalue weighted by Gasteiger charge is 2.42. The molecule has 6 rings (SSSR count). The average molecular weight is 1640 g/mol. The summed E-state index contributed by atoms with van der Waals surface area (Å²) in [5, 5.41) is 45.8. The first-order valence-corrected chi connectivity index (χ1v) is 38.9. The van der Waals surface area contributed by atoms with Crippen LogP contribution in [0.15, 0.2) is 85.2 Å². The lowest BCUT2D eigenvalue weighted by Gasteiger charge is -2.34. The summed E-state index contributed by atoms with van der Waals surface area (Å²) in [5.74, 6) is -16.6. The molecule has 1 fully saturated rings. The summed E-state index contributed by atoms with van der Waals surface area (Å²) in [6.45, 7) is 4.51. The predicted molar refractivity (Wildman–Crippen MR) is 424 cm³/mol. The minimum atomic E-state index is -2.00. The third kappa shape index (κ3) is 29.6. The number of aromatic nitrogens is 2. The van der Waals surface area contributed by atoms with Crippen LogP contribution in [0.3, 0.4) is 0 Å². The van der Waals surface area contributed by atoms with Crippen molar-refractivity contribution in [3.63, 3.8) is 0 Å². The fourth-order valence-corrected chi connectivity index (χ4v) is 13.7. The topological polar surface area (TPSA) is 638 Å². The van der Waals surface area contributed by atoms with E-state index >= 15 is 24.0 Å². The number of amides is 17. The Kier molecular flexibility index (Phi) is 36.5. The Bertz CT molecular complexity index is 4350. The summed E-state index contributed by atoms with van der Waals surface area (Å²) in [6.07, 6.45) is -2.01. The number of fused-ring (bicyclic) bond motifs is 2. The number of ether oxygens (including phenoxy) is 1. The van der Waals surface area contributed by atoms with E-state index in [0.29, 0.717) is 50.7 Å². The number of unbranched alkanes of at least 4 members (excludes halogenated alkanes) is 2. The van der Waals surface area contributed by atoms with Gasteiger partial charge in [-0.25, -0.2) is 0 Å². The van der Waals surface area contributed by atoms with Crippen molar-refractivity contribution in [3.8, 4) is 5.75 Å². The maximum atomic E-state index is 15.7. The largest absolute Gasteiger partial charge is 0.497 e. The molecule has 1 aliphatic heterocycles. The number of hydrogen-bond acceptors (Lipinski definition) is 21. The molecular weight excluding hydrogens is 1530 g/mol. The molecule has 1 saturated heterocycles. The fraction of sp³-hybridized carbons (Fsp3) is 0.487. The number of aliphatic hydroxyl groups excluding tert-OH is 1. The Morgan fingerprint density at radius 3 is 1.74 bits per heavy atom. The van der Waals surface area contributed by atoms with E-state index in [-0.39, 0.29) is 82.5 Å². The number of primary amides is 4. The summed E-state index contributed by atoms with van der Waals surface area (Å²) < 4.78 is 5.41. The number of aliphatic hydroxyl groups is 1. The second-order valence-corrected chi connectivity index (χ2v) is 29.5. The van der Waals surface area contributed by atoms with Crippen molar-refractivity contribution in [1.29, 1.82) is 0 Å². The first-order chi connectivity index (χ1) is 55.1. The third-order valence-electron chi connectivity index (χ3n) is 19.0. The lowest BCUT2D eigenvalue weighted by molar-refractivity contribution is -0.138. The third-order valence-corrected chi connectivity index (χ3v) is 20.1. The van der Waals surface area contributed by atoms with Crippen molar-refractivity contribution in [2.75, 3.05) is 38.2 Å². The van der Waals surface area contributed by atoms with Crippen LogP contribution in [0.25, 0.3) is 21.8 Å². The number of benzene rings is 3. The average Bonchev–Trinajstić information content (AvgIpc) is 1.50. The lowest BCUT2D eigenvalue weighted by atomic mass is 9.91. The smallest absolute Gasteiger partial charge is 0.246 e. The molecule has 12 atom stereocenters. The van der Waals surface area contributed by atoms with E-state index in [4.69, 9.17) is 33.4 Å². The number of para-hydroxylation sites is 2. The zero-order chi connectivity index (χ0) is 85.3. The van der Waals surface area contributed by atoms with Crippen LogP contribution in [0.5, 0.6) is 5.75 Å². The number of hydrogen-bond donors (Lipinski definition) is 21. The van der Waals surface area contributed by atoms with E-state index in [2.05, 4.69) is 79.1 Å². The zero-order valence-corrected chi connectivity index (χ0v) is 66.0. The monoisotopic (exact) mass is 1630 g/mol. The predicted octanol–water partition coefficient (Wildman–Crippen LogP) is -4.61. The molecule has 0 radical (unpaired) electrons. The zero-order valence-electron chi connectivity index (χ0n) is 65.2. The van der Waals surface area contributed by atoms with Crippen molar-refractivity contribution >= 4 is 134 Å². The van der Waals surface area contributed by atoms with Gasteiger partial charge in [0.05, 0.1) is 26.2 Å². The first kappa shape index (κ1) is 92.7. The molecule has 630 valence electrons. The van der Waals surface area contributed by atoms with Crippen molar-refractivity contribution in [2.24, 2.45) is 28.7 Å². The second kappa shape index (κ2) is 45.6. The molecule has 5 aromatic rings. The lowest BCUT2D eigenvalue weighted by Crippen LogP contribution is -2.64. The van der Waals surface area contributed by atoms with Gasteiger partial charge in [0.15, 0.2) is 0 Å². The molecule has 3 aromatic carbocycles. The van der Waals surface area contributed by atoms with Crippen LogP contribution < -0.4 is 103 Å². The number of methoxy groups -OCH3 is 1. The van der Waals surface area contributed by atoms with Gasteiger partial charge in [-0.15, -0.1) is 0 Å². The molecule has 0 saturated carbocycles. The Labute approximate surface area is 672 Å². The van der Waals surface area contributed by atoms with Crippen molar-refractivity contribution in [2.45, 2.75) is 196 Å². The van der Waals surface area contributed by atoms with Crippen LogP contribution in [0, 0.1) is 0 Å². The van der Waals surface area contributed by atoms with Crippen molar-refractivity contribution in [1.82, 2.24) is 79.1 Å². The van der Waals surface area contributed by atoms with Gasteiger partial charge >= 0.3 is 0 Å². The molecule has 1 aliphatic rings. The van der Waals surface area contributed by atoms with E-state index in [9.17, 15) is 62.6 Å². The Balaban J connectivity index is 1.44. The molecule has 0 aliphatic carbocycles. The molecule has 40 heteroatoms. The van der Waals surface area contributed by atoms with E-state index in [0.717, 1.165) is 25.6 Å². The molecule has 0 bridgehead atoms. The highest BCUT2D eigenvalue weighted by atomic mass is 32.2. The SMILES string of the molecule is COc1ccc(C[C@H](NC(=O)[C@@H]2CSCC[C@H](NC(C)=O)C(=O)N[C@@H](CCC(N)=O)C(=O)N[C@@H]([C@@H](C)O)C(=O)N[C@@H](Cc3c[nH]c4ccccc34)C(=O)N[C@@H](CCC(N)=O)C(=O)N2)C(=O)N[C@@H](Cc2c[nH]c3ccccc23)C(=O)N[C@@](C)(CCCCN)C(=O)N[C@@H](CCCCNC(C)=O)C(=O)N[C@@H](CC(N)=O)C(=O)NCC(N)=O)cc1. The molecular formula is C76H106N20O19S. The maximum Gasteiger partial charge on any atom is 0.246 e. The highest BCUT2D eigenvalue weighted by Crippen LogP contribution is 2.24. The van der Waals surface area contributed by atoms with Gasteiger partial charge < -0.3 is 118 Å². The van der Waals surface area contributed by atoms with E-state index in [1.807, 2.05) is 0 Å². The summed E-state index contributed by atoms with van der Waals surface area (Å²) in [4.78, 5) is 242. The number of rotatable bonds is 39. The number of nitrogens with two attached hydrogens (primary N) is 5. The number of carbonyl (C=O) groups excluding carboxylic acids is 17. The highest BCUT2D eigenvalue weighted by molar-refractivity contribution is 7.99. The molecule has 116 heavy (non-hydrogen) atoms. The number of thioether (sulfide) groups is 1. The standard InChI is InChI=1S/C76H106N20O19S/c1-40(97)64-74(113)92-56(33-44-36-83-49-16-8-6-14-47(44)49)71(110)88-52(23-25-60(78)100)67(106)93-59(39-116-31-27-54(86-42(3)99)68(107)87-53(69(108)95-64)24-26-61(79)101)72(111)89-55(32-43-19-21-46(115-5)22-20-43)70(109)90-57(34-45-37-84-50-17-9-7-15-48(45)50)73(112)96-76(4,28-11-12-29-77)75(114)94-51(18-10-13-30-82-41(2)98)66(105)91-58(35-62(80)102)65(104)85-38-63(81)103/h6-9,14-17,19-22,36-37,40,51-59,64,83-84,97H,10-13,18,23-35,38-39,77H2,1-5H3,(H2,78,100)(H2,79,101)(H2,80,102)(H2,81,103)(H,82,98)(H,85,104)(H,86,99)(H,87,107)(H,88,110)(H,89,111)(H,90,109)(H,91,105)(H,92,113)(H,93,106)(H,94,114)(H,95,108)(H,96,112)/t40-,51+,52+,53+,54+,55+,56+,57+,58+,59+,64+,76+/m1/s1. The van der Waals surface area contributed by atoms with Crippen molar-refractivity contribution < 1.29 is 91.4 Å². The van der Waals surface area contributed by atoms with Crippen LogP contribution in [-0.4, -0.2) is 226 Å². The van der Waals surface area contributed by atoms with E-state index in [1.54, 1.807) is 85.2 Å². The van der Waals surface area contributed by atoms with Gasteiger partial charge in [0.2, 0.25) is 100 Å². The molecule has 39 nitrogen and oxygen atoms in total. The summed E-state index contributed by atoms with van der Waals surface area (Å²) in [7, 11) is 1.41. The van der Waals surface area contributed by atoms with E-state index < -0.39 is 211 Å². The maximum absolute atomic E-state index is 15.7. The van der Waals surface area contributed by atoms with Crippen LogP contribution >= 0.6 is 11.8 Å². The minimum Gasteiger partial charge on any atom is -0.497 e. The summed E-state index contributed by atoms with van der Waals surface area (Å²) in [5.41, 5.74) is 28.3. The number of carbonyl (C=O) groups is 17. The molecule has 3 heterocycles. The first-order valence-electron chi connectivity index (χ1n) is 37.8. The van der Waals surface area contributed by atoms with Crippen LogP contribution in [-0.2, 0) is 101 Å².